The summed E-state index contributed by atoms with van der Waals surface area (Å²) in [6.07, 6.45) is 5.61. The fraction of sp³-hybridized carbons (Fsp3) is 0.200. The lowest BCUT2D eigenvalue weighted by molar-refractivity contribution is 0.0945. The molecule has 0 spiro atoms. The minimum Gasteiger partial charge on any atom is -0.350 e. The first-order valence-corrected chi connectivity index (χ1v) is 6.13. The van der Waals surface area contributed by atoms with Gasteiger partial charge in [-0.2, -0.15) is 5.10 Å². The van der Waals surface area contributed by atoms with Gasteiger partial charge in [-0.15, -0.1) is 12.3 Å². The fourth-order valence-corrected chi connectivity index (χ4v) is 1.78. The van der Waals surface area contributed by atoms with Gasteiger partial charge in [0.2, 0.25) is 0 Å². The molecule has 1 aromatic carbocycles. The molecule has 0 aliphatic heterocycles. The van der Waals surface area contributed by atoms with E-state index in [0.717, 1.165) is 5.56 Å². The van der Waals surface area contributed by atoms with Crippen molar-refractivity contribution in [3.63, 3.8) is 0 Å². The predicted octanol–water partition coefficient (Wildman–Crippen LogP) is 1.98. The summed E-state index contributed by atoms with van der Waals surface area (Å²) in [5.41, 5.74) is 1.81. The molecule has 0 aliphatic carbocycles. The monoisotopic (exact) mass is 271 g/mol. The van der Waals surface area contributed by atoms with Gasteiger partial charge in [0.05, 0.1) is 5.69 Å². The normalized spacial score (nSPS) is 10.1. The number of halogens is 1. The van der Waals surface area contributed by atoms with E-state index in [1.165, 1.54) is 16.8 Å². The molecular formula is C15H14FN3O. The van der Waals surface area contributed by atoms with Gasteiger partial charge in [-0.3, -0.25) is 9.48 Å². The Morgan fingerprint density at radius 1 is 1.45 bits per heavy atom. The summed E-state index contributed by atoms with van der Waals surface area (Å²) in [5.74, 6) is 1.91. The number of rotatable bonds is 4. The number of carbonyl (C=O) groups excluding carboxylic acids is 1. The van der Waals surface area contributed by atoms with Crippen LogP contribution in [0.5, 0.6) is 0 Å². The van der Waals surface area contributed by atoms with Crippen LogP contribution in [0.25, 0.3) is 11.3 Å². The number of benzene rings is 1. The quantitative estimate of drug-likeness (QED) is 0.682. The number of nitrogens with one attached hydrogen (secondary N) is 1. The number of amides is 1. The lowest BCUT2D eigenvalue weighted by Crippen LogP contribution is -2.26. The molecule has 0 atom stereocenters. The van der Waals surface area contributed by atoms with Crippen molar-refractivity contribution in [1.82, 2.24) is 15.1 Å². The zero-order valence-electron chi connectivity index (χ0n) is 11.1. The minimum atomic E-state index is -0.308. The van der Waals surface area contributed by atoms with Crippen molar-refractivity contribution in [2.45, 2.75) is 6.42 Å². The van der Waals surface area contributed by atoms with Crippen molar-refractivity contribution >= 4 is 5.91 Å². The molecule has 2 rings (SSSR count). The summed E-state index contributed by atoms with van der Waals surface area (Å²) in [5, 5.41) is 6.97. The van der Waals surface area contributed by atoms with Crippen LogP contribution in [0.3, 0.4) is 0 Å². The third-order valence-electron chi connectivity index (χ3n) is 2.81. The number of hydrogen-bond acceptors (Lipinski definition) is 2. The fourth-order valence-electron chi connectivity index (χ4n) is 1.78. The Morgan fingerprint density at radius 3 is 2.80 bits per heavy atom. The van der Waals surface area contributed by atoms with E-state index in [2.05, 4.69) is 16.3 Å². The molecule has 2 aromatic rings. The molecule has 0 fully saturated rings. The van der Waals surface area contributed by atoms with Crippen LogP contribution < -0.4 is 5.32 Å². The molecule has 1 aromatic heterocycles. The van der Waals surface area contributed by atoms with Crippen LogP contribution in [0, 0.1) is 18.2 Å². The Bertz CT molecular complexity index is 653. The summed E-state index contributed by atoms with van der Waals surface area (Å²) in [6.45, 7) is 0.423. The van der Waals surface area contributed by atoms with E-state index in [1.807, 2.05) is 0 Å². The Kier molecular flexibility index (Phi) is 4.16. The highest BCUT2D eigenvalue weighted by Gasteiger charge is 2.13. The molecule has 20 heavy (non-hydrogen) atoms. The average Bonchev–Trinajstić information content (AvgIpc) is 2.82. The van der Waals surface area contributed by atoms with Crippen molar-refractivity contribution in [3.8, 4) is 23.6 Å². The van der Waals surface area contributed by atoms with Crippen LogP contribution in [0.15, 0.2) is 30.3 Å². The van der Waals surface area contributed by atoms with Crippen LogP contribution in [0.4, 0.5) is 4.39 Å². The van der Waals surface area contributed by atoms with E-state index in [-0.39, 0.29) is 11.7 Å². The maximum atomic E-state index is 12.9. The Morgan fingerprint density at radius 2 is 2.15 bits per heavy atom. The number of aryl methyl sites for hydroxylation is 1. The van der Waals surface area contributed by atoms with Gasteiger partial charge in [0.1, 0.15) is 11.5 Å². The zero-order valence-corrected chi connectivity index (χ0v) is 11.1. The third-order valence-corrected chi connectivity index (χ3v) is 2.81. The van der Waals surface area contributed by atoms with Crippen molar-refractivity contribution in [1.29, 1.82) is 0 Å². The van der Waals surface area contributed by atoms with Crippen LogP contribution in [0.1, 0.15) is 16.9 Å². The first-order chi connectivity index (χ1) is 9.61. The summed E-state index contributed by atoms with van der Waals surface area (Å²) in [4.78, 5) is 11.9. The van der Waals surface area contributed by atoms with Gasteiger partial charge in [-0.25, -0.2) is 4.39 Å². The van der Waals surface area contributed by atoms with Crippen LogP contribution >= 0.6 is 0 Å². The highest BCUT2D eigenvalue weighted by atomic mass is 19.1. The van der Waals surface area contributed by atoms with Gasteiger partial charge >= 0.3 is 0 Å². The predicted molar refractivity (Wildman–Crippen MR) is 74.4 cm³/mol. The number of terminal acetylenes is 1. The lowest BCUT2D eigenvalue weighted by atomic mass is 10.1. The molecule has 1 N–H and O–H groups in total. The van der Waals surface area contributed by atoms with E-state index in [0.29, 0.717) is 24.4 Å². The second-order valence-corrected chi connectivity index (χ2v) is 4.26. The van der Waals surface area contributed by atoms with Gasteiger partial charge < -0.3 is 5.32 Å². The minimum absolute atomic E-state index is 0.233. The van der Waals surface area contributed by atoms with Crippen LogP contribution in [-0.4, -0.2) is 22.2 Å². The lowest BCUT2D eigenvalue weighted by Gasteiger charge is -2.02. The van der Waals surface area contributed by atoms with E-state index in [1.54, 1.807) is 25.2 Å². The number of nitrogens with zero attached hydrogens (tertiary/aromatic N) is 2. The Hall–Kier alpha value is -2.61. The average molecular weight is 271 g/mol. The maximum Gasteiger partial charge on any atom is 0.269 e. The standard InChI is InChI=1S/C15H14FN3O/c1-3-4-9-17-15(20)14-10-13(18-19(14)2)11-5-7-12(16)8-6-11/h1,5-8,10H,4,9H2,2H3,(H,17,20). The highest BCUT2D eigenvalue weighted by Crippen LogP contribution is 2.19. The van der Waals surface area contributed by atoms with Crippen LogP contribution in [0.2, 0.25) is 0 Å². The second-order valence-electron chi connectivity index (χ2n) is 4.26. The van der Waals surface area contributed by atoms with E-state index < -0.39 is 0 Å². The van der Waals surface area contributed by atoms with Crippen molar-refractivity contribution < 1.29 is 9.18 Å². The van der Waals surface area contributed by atoms with Crippen LogP contribution in [-0.2, 0) is 7.05 Å². The van der Waals surface area contributed by atoms with Crippen molar-refractivity contribution in [3.05, 3.63) is 41.8 Å². The largest absolute Gasteiger partial charge is 0.350 e. The first-order valence-electron chi connectivity index (χ1n) is 6.13. The van der Waals surface area contributed by atoms with Gasteiger partial charge in [0, 0.05) is 25.6 Å². The number of carbonyl (C=O) groups is 1. The van der Waals surface area contributed by atoms with Crippen molar-refractivity contribution in [2.24, 2.45) is 7.05 Å². The molecule has 1 amide bonds. The van der Waals surface area contributed by atoms with Gasteiger partial charge in [0.25, 0.3) is 5.91 Å². The molecule has 5 heteroatoms. The summed E-state index contributed by atoms with van der Waals surface area (Å²) in [7, 11) is 1.68. The van der Waals surface area contributed by atoms with Gasteiger partial charge in [-0.1, -0.05) is 0 Å². The van der Waals surface area contributed by atoms with E-state index in [4.69, 9.17) is 6.42 Å². The molecule has 0 unspecified atom stereocenters. The zero-order chi connectivity index (χ0) is 14.5. The topological polar surface area (TPSA) is 46.9 Å². The molecule has 102 valence electrons. The summed E-state index contributed by atoms with van der Waals surface area (Å²) >= 11 is 0. The summed E-state index contributed by atoms with van der Waals surface area (Å²) < 4.78 is 14.4. The molecule has 1 heterocycles. The molecule has 0 saturated carbocycles. The Labute approximate surface area is 116 Å². The molecule has 0 aliphatic rings. The molecule has 0 bridgehead atoms. The van der Waals surface area contributed by atoms with E-state index in [9.17, 15) is 9.18 Å². The molecule has 0 radical (unpaired) electrons. The number of aromatic nitrogens is 2. The highest BCUT2D eigenvalue weighted by molar-refractivity contribution is 5.93. The second kappa shape index (κ2) is 6.02. The third kappa shape index (κ3) is 3.04. The smallest absolute Gasteiger partial charge is 0.269 e. The van der Waals surface area contributed by atoms with E-state index >= 15 is 0 Å². The number of hydrogen-bond donors (Lipinski definition) is 1. The van der Waals surface area contributed by atoms with Gasteiger partial charge in [0.15, 0.2) is 0 Å². The maximum absolute atomic E-state index is 12.9. The molecule has 0 saturated heterocycles. The Balaban J connectivity index is 2.19. The molecule has 4 nitrogen and oxygen atoms in total. The summed E-state index contributed by atoms with van der Waals surface area (Å²) in [6, 6.07) is 7.63. The SMILES string of the molecule is C#CCCNC(=O)c1cc(-c2ccc(F)cc2)nn1C. The van der Waals surface area contributed by atoms with Crippen molar-refractivity contribution in [2.75, 3.05) is 6.54 Å². The molecular weight excluding hydrogens is 257 g/mol. The first kappa shape index (κ1) is 13.8. The van der Waals surface area contributed by atoms with Gasteiger partial charge in [-0.05, 0) is 30.3 Å².